The highest BCUT2D eigenvalue weighted by molar-refractivity contribution is 5.74. The van der Waals surface area contributed by atoms with Crippen molar-refractivity contribution < 1.29 is 9.13 Å². The normalized spacial score (nSPS) is 30.6. The Morgan fingerprint density at radius 1 is 1.40 bits per heavy atom. The van der Waals surface area contributed by atoms with Crippen LogP contribution in [0.1, 0.15) is 31.9 Å². The van der Waals surface area contributed by atoms with Crippen LogP contribution in [-0.2, 0) is 4.74 Å². The number of alkyl halides is 1. The number of ether oxygens (including phenoxy) is 1. The summed E-state index contributed by atoms with van der Waals surface area (Å²) in [6, 6.07) is 9.60. The highest BCUT2D eigenvalue weighted by atomic mass is 19.2. The molecule has 1 aromatic carbocycles. The van der Waals surface area contributed by atoms with Crippen LogP contribution in [0.2, 0.25) is 0 Å². The van der Waals surface area contributed by atoms with Crippen LogP contribution >= 0.6 is 0 Å². The van der Waals surface area contributed by atoms with E-state index in [0.29, 0.717) is 5.90 Å². The third kappa shape index (κ3) is 2.35. The van der Waals surface area contributed by atoms with E-state index in [1.807, 2.05) is 30.3 Å². The van der Waals surface area contributed by atoms with Gasteiger partial charge in [-0.25, -0.2) is 4.99 Å². The molecule has 0 saturated carbocycles. The van der Waals surface area contributed by atoms with Gasteiger partial charge in [0.25, 0.3) is 0 Å². The molecule has 80 valence electrons. The third-order valence-electron chi connectivity index (χ3n) is 2.44. The maximum Gasteiger partial charge on any atom is 0.249 e. The van der Waals surface area contributed by atoms with Gasteiger partial charge in [-0.05, 0) is 5.56 Å². The number of nitrogens with zero attached hydrogens (tertiary/aromatic N) is 1. The summed E-state index contributed by atoms with van der Waals surface area (Å²) >= 11 is 0. The number of hydrogen-bond donors (Lipinski definition) is 0. The van der Waals surface area contributed by atoms with Gasteiger partial charge >= 0.3 is 0 Å². The number of halogens is 1. The Morgan fingerprint density at radius 3 is 2.67 bits per heavy atom. The third-order valence-corrected chi connectivity index (χ3v) is 2.44. The van der Waals surface area contributed by atoms with Gasteiger partial charge in [-0.15, -0.1) is 0 Å². The molecule has 0 spiro atoms. The number of aliphatic imine (C=N–C) groups is 1. The molecule has 0 radical (unpaired) electrons. The van der Waals surface area contributed by atoms with Crippen molar-refractivity contribution >= 4 is 5.90 Å². The largest absolute Gasteiger partial charge is 0.446 e. The molecule has 0 amide bonds. The van der Waals surface area contributed by atoms with Crippen LogP contribution in [0.4, 0.5) is 4.39 Å². The molecule has 2 unspecified atom stereocenters. The summed E-state index contributed by atoms with van der Waals surface area (Å²) in [5, 5.41) is 0. The van der Waals surface area contributed by atoms with Crippen LogP contribution in [0.25, 0.3) is 0 Å². The maximum atomic E-state index is 13.8. The standard InChI is InChI=1S/C12H14FNO/c1-9-14-11(8-12(2,13)15-9)10-6-4-3-5-7-10/h3-7,11H,8H2,1-2H3. The van der Waals surface area contributed by atoms with Gasteiger partial charge in [0.05, 0.1) is 6.04 Å². The van der Waals surface area contributed by atoms with Crippen molar-refractivity contribution in [2.24, 2.45) is 4.99 Å². The van der Waals surface area contributed by atoms with E-state index in [9.17, 15) is 4.39 Å². The molecule has 0 saturated heterocycles. The molecule has 1 aromatic rings. The van der Waals surface area contributed by atoms with E-state index in [-0.39, 0.29) is 12.5 Å². The second-order valence-electron chi connectivity index (χ2n) is 3.98. The molecule has 1 aliphatic rings. The summed E-state index contributed by atoms with van der Waals surface area (Å²) in [4.78, 5) is 4.30. The quantitative estimate of drug-likeness (QED) is 0.692. The van der Waals surface area contributed by atoms with Crippen LogP contribution in [0.15, 0.2) is 35.3 Å². The lowest BCUT2D eigenvalue weighted by molar-refractivity contribution is -0.0781. The van der Waals surface area contributed by atoms with Gasteiger partial charge in [0.15, 0.2) is 5.90 Å². The zero-order valence-electron chi connectivity index (χ0n) is 8.90. The van der Waals surface area contributed by atoms with Crippen LogP contribution < -0.4 is 0 Å². The van der Waals surface area contributed by atoms with E-state index < -0.39 is 5.85 Å². The highest BCUT2D eigenvalue weighted by Crippen LogP contribution is 2.34. The van der Waals surface area contributed by atoms with E-state index in [4.69, 9.17) is 4.74 Å². The van der Waals surface area contributed by atoms with Crippen LogP contribution in [0.3, 0.4) is 0 Å². The van der Waals surface area contributed by atoms with Crippen LogP contribution in [0, 0.1) is 0 Å². The van der Waals surface area contributed by atoms with E-state index in [1.54, 1.807) is 6.92 Å². The van der Waals surface area contributed by atoms with Gasteiger partial charge < -0.3 is 4.74 Å². The van der Waals surface area contributed by atoms with E-state index in [1.165, 1.54) is 6.92 Å². The van der Waals surface area contributed by atoms with Crippen molar-refractivity contribution in [3.8, 4) is 0 Å². The summed E-state index contributed by atoms with van der Waals surface area (Å²) in [6.07, 6.45) is 0.272. The first-order valence-electron chi connectivity index (χ1n) is 5.04. The topological polar surface area (TPSA) is 21.6 Å². The average molecular weight is 207 g/mol. The smallest absolute Gasteiger partial charge is 0.249 e. The minimum Gasteiger partial charge on any atom is -0.446 e. The van der Waals surface area contributed by atoms with Crippen LogP contribution in [-0.4, -0.2) is 11.8 Å². The minimum atomic E-state index is -1.60. The van der Waals surface area contributed by atoms with Crippen molar-refractivity contribution in [3.63, 3.8) is 0 Å². The highest BCUT2D eigenvalue weighted by Gasteiger charge is 2.34. The summed E-state index contributed by atoms with van der Waals surface area (Å²) < 4.78 is 18.8. The first-order valence-corrected chi connectivity index (χ1v) is 5.04. The summed E-state index contributed by atoms with van der Waals surface area (Å²) in [7, 11) is 0. The van der Waals surface area contributed by atoms with Gasteiger partial charge in [-0.1, -0.05) is 30.3 Å². The summed E-state index contributed by atoms with van der Waals surface area (Å²) in [6.45, 7) is 3.13. The Balaban J connectivity index is 2.28. The Hall–Kier alpha value is -1.38. The van der Waals surface area contributed by atoms with Gasteiger partial charge in [-0.2, -0.15) is 4.39 Å². The molecule has 1 aliphatic heterocycles. The van der Waals surface area contributed by atoms with Crippen molar-refractivity contribution in [2.45, 2.75) is 32.2 Å². The van der Waals surface area contributed by atoms with Gasteiger partial charge in [0, 0.05) is 20.3 Å². The molecule has 0 aromatic heterocycles. The first-order chi connectivity index (χ1) is 7.07. The monoisotopic (exact) mass is 207 g/mol. The number of hydrogen-bond acceptors (Lipinski definition) is 2. The summed E-state index contributed by atoms with van der Waals surface area (Å²) in [5.74, 6) is -1.19. The predicted molar refractivity (Wildman–Crippen MR) is 57.5 cm³/mol. The van der Waals surface area contributed by atoms with E-state index in [0.717, 1.165) is 5.56 Å². The first kappa shape index (κ1) is 10.1. The lowest BCUT2D eigenvalue weighted by Crippen LogP contribution is -2.31. The molecule has 15 heavy (non-hydrogen) atoms. The Kier molecular flexibility index (Phi) is 2.47. The molecule has 2 nitrogen and oxygen atoms in total. The molecule has 1 heterocycles. The summed E-state index contributed by atoms with van der Waals surface area (Å²) in [5.41, 5.74) is 1.03. The Bertz CT molecular complexity index is 372. The van der Waals surface area contributed by atoms with E-state index >= 15 is 0 Å². The van der Waals surface area contributed by atoms with Gasteiger partial charge in [-0.3, -0.25) is 0 Å². The SMILES string of the molecule is CC1=NC(c2ccccc2)CC(C)(F)O1. The van der Waals surface area contributed by atoms with E-state index in [2.05, 4.69) is 4.99 Å². The fraction of sp³-hybridized carbons (Fsp3) is 0.417. The molecule has 0 fully saturated rings. The molecule has 3 heteroatoms. The second kappa shape index (κ2) is 3.65. The Morgan fingerprint density at radius 2 is 2.07 bits per heavy atom. The molecular formula is C12H14FNO. The second-order valence-corrected chi connectivity index (χ2v) is 3.98. The fourth-order valence-electron chi connectivity index (χ4n) is 1.85. The number of benzene rings is 1. The molecule has 2 atom stereocenters. The zero-order valence-corrected chi connectivity index (χ0v) is 8.90. The van der Waals surface area contributed by atoms with Crippen molar-refractivity contribution in [3.05, 3.63) is 35.9 Å². The van der Waals surface area contributed by atoms with Crippen LogP contribution in [0.5, 0.6) is 0 Å². The number of rotatable bonds is 1. The predicted octanol–water partition coefficient (Wildman–Crippen LogP) is 3.25. The molecule has 0 N–H and O–H groups in total. The minimum absolute atomic E-state index is 0.130. The van der Waals surface area contributed by atoms with Gasteiger partial charge in [0.1, 0.15) is 0 Å². The van der Waals surface area contributed by atoms with Crippen molar-refractivity contribution in [1.29, 1.82) is 0 Å². The molecule has 2 rings (SSSR count). The zero-order chi connectivity index (χ0) is 10.9. The average Bonchev–Trinajstić information content (AvgIpc) is 2.16. The lowest BCUT2D eigenvalue weighted by atomic mass is 10.00. The maximum absolute atomic E-state index is 13.8. The molecule has 0 bridgehead atoms. The molecule has 0 aliphatic carbocycles. The van der Waals surface area contributed by atoms with Crippen molar-refractivity contribution in [2.75, 3.05) is 0 Å². The van der Waals surface area contributed by atoms with Gasteiger partial charge in [0.2, 0.25) is 5.85 Å². The lowest BCUT2D eigenvalue weighted by Gasteiger charge is -2.30. The van der Waals surface area contributed by atoms with Crippen molar-refractivity contribution in [1.82, 2.24) is 0 Å². The molecular weight excluding hydrogens is 193 g/mol. The Labute approximate surface area is 88.8 Å². The fourth-order valence-corrected chi connectivity index (χ4v) is 1.85.